The Bertz CT molecular complexity index is 1390. The average molecular weight is 424 g/mol. The van der Waals surface area contributed by atoms with Crippen LogP contribution < -0.4 is 0 Å². The number of hydrogen-bond donors (Lipinski definition) is 0. The second-order valence-electron chi connectivity index (χ2n) is 6.70. The smallest absolute Gasteiger partial charge is 0.135 e. The number of benzene rings is 4. The van der Waals surface area contributed by atoms with Gasteiger partial charge in [-0.15, -0.1) is 0 Å². The number of nitriles is 1. The molecule has 1 heterocycles. The van der Waals surface area contributed by atoms with Crippen LogP contribution in [0.2, 0.25) is 0 Å². The highest BCUT2D eigenvalue weighted by molar-refractivity contribution is 9.10. The summed E-state index contributed by atoms with van der Waals surface area (Å²) in [6.07, 6.45) is 0. The molecule has 5 aromatic rings. The minimum absolute atomic E-state index is 0.669. The minimum Gasteiger partial charge on any atom is -0.456 e. The number of para-hydroxylation sites is 1. The summed E-state index contributed by atoms with van der Waals surface area (Å²) in [6, 6.07) is 30.6. The van der Waals surface area contributed by atoms with Gasteiger partial charge in [0.15, 0.2) is 0 Å². The predicted molar refractivity (Wildman–Crippen MR) is 117 cm³/mol. The maximum absolute atomic E-state index is 9.46. The molecule has 0 atom stereocenters. The maximum atomic E-state index is 9.46. The Morgan fingerprint density at radius 3 is 2.32 bits per heavy atom. The third-order valence-electron chi connectivity index (χ3n) is 4.97. The predicted octanol–water partition coefficient (Wildman–Crippen LogP) is 7.55. The molecule has 0 saturated heterocycles. The van der Waals surface area contributed by atoms with Gasteiger partial charge in [0, 0.05) is 15.2 Å². The summed E-state index contributed by atoms with van der Waals surface area (Å²) in [5.74, 6) is 0. The van der Waals surface area contributed by atoms with Gasteiger partial charge in [0.25, 0.3) is 0 Å². The molecule has 132 valence electrons. The van der Waals surface area contributed by atoms with Gasteiger partial charge in [-0.1, -0.05) is 58.4 Å². The van der Waals surface area contributed by atoms with Crippen molar-refractivity contribution in [2.45, 2.75) is 0 Å². The van der Waals surface area contributed by atoms with Crippen LogP contribution in [0.5, 0.6) is 0 Å². The molecule has 0 N–H and O–H groups in total. The maximum Gasteiger partial charge on any atom is 0.135 e. The normalized spacial score (nSPS) is 11.0. The van der Waals surface area contributed by atoms with E-state index in [9.17, 15) is 5.26 Å². The molecule has 28 heavy (non-hydrogen) atoms. The van der Waals surface area contributed by atoms with Gasteiger partial charge in [-0.3, -0.25) is 0 Å². The zero-order valence-electron chi connectivity index (χ0n) is 14.8. The fourth-order valence-electron chi connectivity index (χ4n) is 3.65. The van der Waals surface area contributed by atoms with Crippen LogP contribution in [0.25, 0.3) is 44.2 Å². The van der Waals surface area contributed by atoms with Crippen molar-refractivity contribution in [2.75, 3.05) is 0 Å². The number of nitrogens with zero attached hydrogens (tertiary/aromatic N) is 1. The largest absolute Gasteiger partial charge is 0.456 e. The summed E-state index contributed by atoms with van der Waals surface area (Å²) in [5.41, 5.74) is 6.59. The minimum atomic E-state index is 0.669. The van der Waals surface area contributed by atoms with Gasteiger partial charge in [-0.25, -0.2) is 0 Å². The third kappa shape index (κ3) is 2.79. The van der Waals surface area contributed by atoms with Crippen molar-refractivity contribution >= 4 is 37.9 Å². The molecule has 0 spiro atoms. The Hall–Kier alpha value is -3.35. The first-order valence-electron chi connectivity index (χ1n) is 8.95. The molecule has 0 fully saturated rings. The molecule has 0 unspecified atom stereocenters. The van der Waals surface area contributed by atoms with Crippen LogP contribution in [0.15, 0.2) is 93.8 Å². The molecule has 4 aromatic carbocycles. The van der Waals surface area contributed by atoms with E-state index in [2.05, 4.69) is 52.3 Å². The second-order valence-corrected chi connectivity index (χ2v) is 7.61. The molecular weight excluding hydrogens is 410 g/mol. The van der Waals surface area contributed by atoms with E-state index in [1.165, 1.54) is 0 Å². The van der Waals surface area contributed by atoms with E-state index in [0.29, 0.717) is 5.56 Å². The van der Waals surface area contributed by atoms with E-state index in [-0.39, 0.29) is 0 Å². The Balaban J connectivity index is 1.70. The number of fused-ring (bicyclic) bond motifs is 3. The summed E-state index contributed by atoms with van der Waals surface area (Å²) in [6.45, 7) is 0. The zero-order valence-corrected chi connectivity index (χ0v) is 16.4. The van der Waals surface area contributed by atoms with Gasteiger partial charge in [0.1, 0.15) is 11.2 Å². The van der Waals surface area contributed by atoms with Crippen LogP contribution in [-0.2, 0) is 0 Å². The molecule has 0 aliphatic rings. The first-order chi connectivity index (χ1) is 13.7. The van der Waals surface area contributed by atoms with E-state index >= 15 is 0 Å². The van der Waals surface area contributed by atoms with Crippen LogP contribution >= 0.6 is 15.9 Å². The highest BCUT2D eigenvalue weighted by Gasteiger charge is 2.11. The zero-order chi connectivity index (χ0) is 19.1. The molecule has 5 rings (SSSR count). The van der Waals surface area contributed by atoms with E-state index < -0.39 is 0 Å². The van der Waals surface area contributed by atoms with E-state index in [4.69, 9.17) is 4.42 Å². The third-order valence-corrected chi connectivity index (χ3v) is 5.42. The van der Waals surface area contributed by atoms with Crippen LogP contribution in [0, 0.1) is 11.3 Å². The van der Waals surface area contributed by atoms with Gasteiger partial charge in [0.05, 0.1) is 11.6 Å². The Morgan fingerprint density at radius 2 is 1.43 bits per heavy atom. The summed E-state index contributed by atoms with van der Waals surface area (Å²) in [4.78, 5) is 0. The van der Waals surface area contributed by atoms with Gasteiger partial charge in [-0.05, 0) is 64.7 Å². The summed E-state index contributed by atoms with van der Waals surface area (Å²) < 4.78 is 6.92. The fourth-order valence-corrected chi connectivity index (χ4v) is 4.14. The van der Waals surface area contributed by atoms with E-state index in [1.54, 1.807) is 0 Å². The van der Waals surface area contributed by atoms with Gasteiger partial charge in [-0.2, -0.15) is 5.26 Å². The highest BCUT2D eigenvalue weighted by atomic mass is 79.9. The number of rotatable bonds is 2. The van der Waals surface area contributed by atoms with E-state index in [1.807, 2.05) is 54.6 Å². The lowest BCUT2D eigenvalue weighted by molar-refractivity contribution is 0.669. The molecule has 1 aromatic heterocycles. The molecule has 0 radical (unpaired) electrons. The van der Waals surface area contributed by atoms with Crippen molar-refractivity contribution in [3.05, 3.63) is 95.0 Å². The number of halogens is 1. The molecule has 0 bridgehead atoms. The Labute approximate surface area is 170 Å². The molecule has 0 amide bonds. The van der Waals surface area contributed by atoms with Crippen LogP contribution in [0.1, 0.15) is 5.56 Å². The summed E-state index contributed by atoms with van der Waals surface area (Å²) in [5, 5.41) is 11.7. The summed E-state index contributed by atoms with van der Waals surface area (Å²) >= 11 is 3.63. The first kappa shape index (κ1) is 16.8. The molecule has 3 heteroatoms. The van der Waals surface area contributed by atoms with Crippen LogP contribution in [0.3, 0.4) is 0 Å². The van der Waals surface area contributed by atoms with Crippen molar-refractivity contribution < 1.29 is 4.42 Å². The van der Waals surface area contributed by atoms with Gasteiger partial charge < -0.3 is 4.42 Å². The molecule has 0 aliphatic carbocycles. The average Bonchev–Trinajstić information content (AvgIpc) is 3.11. The topological polar surface area (TPSA) is 36.9 Å². The lowest BCUT2D eigenvalue weighted by atomic mass is 9.96. The Kier molecular flexibility index (Phi) is 4.00. The van der Waals surface area contributed by atoms with Crippen molar-refractivity contribution in [3.63, 3.8) is 0 Å². The van der Waals surface area contributed by atoms with Crippen molar-refractivity contribution in [1.29, 1.82) is 5.26 Å². The van der Waals surface area contributed by atoms with Gasteiger partial charge >= 0.3 is 0 Å². The van der Waals surface area contributed by atoms with E-state index in [0.717, 1.165) is 48.7 Å². The Morgan fingerprint density at radius 1 is 0.679 bits per heavy atom. The SMILES string of the molecule is N#Cc1ccccc1-c1cc(Br)cc(-c2ccc3oc4ccccc4c3c2)c1. The lowest BCUT2D eigenvalue weighted by Gasteiger charge is -2.09. The second kappa shape index (κ2) is 6.67. The van der Waals surface area contributed by atoms with Crippen LogP contribution in [-0.4, -0.2) is 0 Å². The van der Waals surface area contributed by atoms with Crippen molar-refractivity contribution in [3.8, 4) is 28.3 Å². The summed E-state index contributed by atoms with van der Waals surface area (Å²) in [7, 11) is 0. The van der Waals surface area contributed by atoms with Crippen molar-refractivity contribution in [1.82, 2.24) is 0 Å². The fraction of sp³-hybridized carbons (Fsp3) is 0. The molecule has 0 aliphatic heterocycles. The first-order valence-corrected chi connectivity index (χ1v) is 9.74. The van der Waals surface area contributed by atoms with Gasteiger partial charge in [0.2, 0.25) is 0 Å². The monoisotopic (exact) mass is 423 g/mol. The molecule has 2 nitrogen and oxygen atoms in total. The highest BCUT2D eigenvalue weighted by Crippen LogP contribution is 2.35. The number of furan rings is 1. The van der Waals surface area contributed by atoms with Crippen molar-refractivity contribution in [2.24, 2.45) is 0 Å². The molecule has 0 saturated carbocycles. The lowest BCUT2D eigenvalue weighted by Crippen LogP contribution is -1.86. The standard InChI is InChI=1S/C25H14BrNO/c26-20-12-18(11-19(13-20)21-6-2-1-5-17(21)15-27)16-9-10-25-23(14-16)22-7-3-4-8-24(22)28-25/h1-14H. The molecular formula is C25H14BrNO. The number of hydrogen-bond acceptors (Lipinski definition) is 2. The quantitative estimate of drug-likeness (QED) is 0.293. The van der Waals surface area contributed by atoms with Crippen LogP contribution in [0.4, 0.5) is 0 Å².